The van der Waals surface area contributed by atoms with Gasteiger partial charge in [0.1, 0.15) is 6.61 Å². The Morgan fingerprint density at radius 2 is 1.80 bits per heavy atom. The van der Waals surface area contributed by atoms with E-state index in [2.05, 4.69) is 5.32 Å². The number of nitrogens with one attached hydrogen (secondary N) is 1. The molecule has 0 aliphatic rings. The van der Waals surface area contributed by atoms with Crippen molar-refractivity contribution in [2.45, 2.75) is 6.61 Å². The highest BCUT2D eigenvalue weighted by Gasteiger charge is 2.11. The average Bonchev–Trinajstić information content (AvgIpc) is 2.61. The summed E-state index contributed by atoms with van der Waals surface area (Å²) in [6.45, 7) is 0.270. The third-order valence-corrected chi connectivity index (χ3v) is 3.64. The van der Waals surface area contributed by atoms with E-state index in [0.717, 1.165) is 5.56 Å². The highest BCUT2D eigenvalue weighted by atomic mass is 35.5. The summed E-state index contributed by atoms with van der Waals surface area (Å²) in [5.74, 6) is 0.818. The van der Waals surface area contributed by atoms with E-state index >= 15 is 0 Å². The van der Waals surface area contributed by atoms with Crippen LogP contribution in [0.5, 0.6) is 11.5 Å². The Labute approximate surface area is 154 Å². The molecule has 0 radical (unpaired) electrons. The molecule has 6 nitrogen and oxygen atoms in total. The molecule has 2 aromatic carbocycles. The molecule has 2 aromatic rings. The predicted octanol–water partition coefficient (Wildman–Crippen LogP) is 3.36. The lowest BCUT2D eigenvalue weighted by atomic mass is 10.2. The van der Waals surface area contributed by atoms with E-state index in [0.29, 0.717) is 27.1 Å². The number of ether oxygens (including phenoxy) is 2. The van der Waals surface area contributed by atoms with Crippen molar-refractivity contribution < 1.29 is 23.9 Å². The zero-order valence-corrected chi connectivity index (χ0v) is 15.0. The van der Waals surface area contributed by atoms with Crippen molar-refractivity contribution >= 4 is 35.3 Å². The molecule has 1 amide bonds. The molecule has 0 spiro atoms. The molecule has 1 N–H and O–H groups in total. The summed E-state index contributed by atoms with van der Waals surface area (Å²) in [5.41, 5.74) is 1.31. The molecule has 0 atom stereocenters. The standard InChI is InChI=1S/C16H15Cl2NO3.CO2/c1-19-16(20)10-4-6-14(15(7-10)21-2)22-9-11-3-5-12(17)8-13(11)18;2-1-3/h3-8H,9H2,1-2H3,(H,19,20);. The van der Waals surface area contributed by atoms with Crippen LogP contribution in [-0.2, 0) is 16.2 Å². The molecule has 8 heteroatoms. The van der Waals surface area contributed by atoms with Crippen LogP contribution in [0.1, 0.15) is 15.9 Å². The largest absolute Gasteiger partial charge is 0.493 e. The van der Waals surface area contributed by atoms with Gasteiger partial charge in [-0.15, -0.1) is 0 Å². The second-order valence-corrected chi connectivity index (χ2v) is 5.40. The normalized spacial score (nSPS) is 9.28. The minimum Gasteiger partial charge on any atom is -0.493 e. The van der Waals surface area contributed by atoms with E-state index in [1.807, 2.05) is 0 Å². The summed E-state index contributed by atoms with van der Waals surface area (Å²) in [4.78, 5) is 27.9. The molecular weight excluding hydrogens is 369 g/mol. The highest BCUT2D eigenvalue weighted by molar-refractivity contribution is 6.35. The molecule has 0 saturated carbocycles. The zero-order chi connectivity index (χ0) is 18.8. The fourth-order valence-corrected chi connectivity index (χ4v) is 2.33. The first kappa shape index (κ1) is 20.5. The van der Waals surface area contributed by atoms with Crippen LogP contribution < -0.4 is 14.8 Å². The fourth-order valence-electron chi connectivity index (χ4n) is 1.87. The number of benzene rings is 2. The number of carbonyl (C=O) groups excluding carboxylic acids is 3. The third-order valence-electron chi connectivity index (χ3n) is 3.05. The van der Waals surface area contributed by atoms with Gasteiger partial charge in [-0.05, 0) is 30.3 Å². The highest BCUT2D eigenvalue weighted by Crippen LogP contribution is 2.30. The molecular formula is C17H15Cl2NO5. The molecule has 0 saturated heterocycles. The van der Waals surface area contributed by atoms with Crippen molar-refractivity contribution in [3.63, 3.8) is 0 Å². The lowest BCUT2D eigenvalue weighted by Gasteiger charge is -2.12. The molecule has 0 heterocycles. The maximum Gasteiger partial charge on any atom is 0.373 e. The number of rotatable bonds is 5. The van der Waals surface area contributed by atoms with Crippen LogP contribution in [0.25, 0.3) is 0 Å². The summed E-state index contributed by atoms with van der Waals surface area (Å²) in [7, 11) is 3.09. The monoisotopic (exact) mass is 383 g/mol. The zero-order valence-electron chi connectivity index (χ0n) is 13.5. The van der Waals surface area contributed by atoms with Crippen LogP contribution in [0.15, 0.2) is 36.4 Å². The number of halogens is 2. The topological polar surface area (TPSA) is 81.7 Å². The van der Waals surface area contributed by atoms with E-state index in [9.17, 15) is 4.79 Å². The van der Waals surface area contributed by atoms with E-state index in [-0.39, 0.29) is 18.7 Å². The first-order valence-electron chi connectivity index (χ1n) is 6.93. The Hall–Kier alpha value is -2.53. The molecule has 132 valence electrons. The summed E-state index contributed by atoms with van der Waals surface area (Å²) >= 11 is 12.0. The second-order valence-electron chi connectivity index (χ2n) is 4.55. The first-order chi connectivity index (χ1) is 12.0. The first-order valence-corrected chi connectivity index (χ1v) is 7.68. The van der Waals surface area contributed by atoms with E-state index < -0.39 is 0 Å². The van der Waals surface area contributed by atoms with E-state index in [1.165, 1.54) is 7.11 Å². The van der Waals surface area contributed by atoms with Crippen LogP contribution in [0.4, 0.5) is 0 Å². The Balaban J connectivity index is 0.000000970. The van der Waals surface area contributed by atoms with Gasteiger partial charge in [-0.25, -0.2) is 0 Å². The molecule has 0 bridgehead atoms. The van der Waals surface area contributed by atoms with Crippen molar-refractivity contribution in [3.8, 4) is 11.5 Å². The quantitative estimate of drug-likeness (QED) is 0.855. The van der Waals surface area contributed by atoms with Gasteiger partial charge in [0.05, 0.1) is 7.11 Å². The van der Waals surface area contributed by atoms with Crippen molar-refractivity contribution in [3.05, 3.63) is 57.6 Å². The van der Waals surface area contributed by atoms with Crippen molar-refractivity contribution in [2.24, 2.45) is 0 Å². The smallest absolute Gasteiger partial charge is 0.373 e. The third kappa shape index (κ3) is 6.12. The lowest BCUT2D eigenvalue weighted by molar-refractivity contribution is -0.191. The average molecular weight is 384 g/mol. The molecule has 0 aliphatic carbocycles. The maximum atomic E-state index is 11.6. The van der Waals surface area contributed by atoms with Gasteiger partial charge in [0.2, 0.25) is 0 Å². The predicted molar refractivity (Wildman–Crippen MR) is 92.2 cm³/mol. The molecule has 25 heavy (non-hydrogen) atoms. The van der Waals surface area contributed by atoms with Gasteiger partial charge < -0.3 is 14.8 Å². The summed E-state index contributed by atoms with van der Waals surface area (Å²) in [6, 6.07) is 10.2. The van der Waals surface area contributed by atoms with Gasteiger partial charge in [-0.2, -0.15) is 9.59 Å². The summed E-state index contributed by atoms with van der Waals surface area (Å²) in [6.07, 6.45) is 0.250. The van der Waals surface area contributed by atoms with E-state index in [4.69, 9.17) is 42.3 Å². The van der Waals surface area contributed by atoms with Crippen LogP contribution in [0, 0.1) is 0 Å². The second kappa shape index (κ2) is 10.4. The van der Waals surface area contributed by atoms with Gasteiger partial charge in [-0.1, -0.05) is 29.3 Å². The number of carbonyl (C=O) groups is 1. The summed E-state index contributed by atoms with van der Waals surface area (Å²) in [5, 5.41) is 3.66. The van der Waals surface area contributed by atoms with Crippen molar-refractivity contribution in [2.75, 3.05) is 14.2 Å². The van der Waals surface area contributed by atoms with Crippen molar-refractivity contribution in [1.82, 2.24) is 5.32 Å². The minimum atomic E-state index is -0.189. The molecule has 0 aliphatic heterocycles. The van der Waals surface area contributed by atoms with E-state index in [1.54, 1.807) is 43.4 Å². The van der Waals surface area contributed by atoms with Crippen LogP contribution >= 0.6 is 23.2 Å². The van der Waals surface area contributed by atoms with Gasteiger partial charge in [0.25, 0.3) is 5.91 Å². The number of hydrogen-bond donors (Lipinski definition) is 1. The number of hydrogen-bond acceptors (Lipinski definition) is 5. The Kier molecular flexibility index (Phi) is 8.50. The van der Waals surface area contributed by atoms with Gasteiger partial charge >= 0.3 is 6.15 Å². The number of methoxy groups -OCH3 is 1. The van der Waals surface area contributed by atoms with Gasteiger partial charge in [0.15, 0.2) is 11.5 Å². The maximum absolute atomic E-state index is 11.6. The van der Waals surface area contributed by atoms with Crippen LogP contribution in [0.3, 0.4) is 0 Å². The molecule has 0 unspecified atom stereocenters. The fraction of sp³-hybridized carbons (Fsp3) is 0.176. The van der Waals surface area contributed by atoms with Crippen LogP contribution in [0.2, 0.25) is 10.0 Å². The van der Waals surface area contributed by atoms with Gasteiger partial charge in [0, 0.05) is 28.2 Å². The molecule has 2 rings (SSSR count). The number of amides is 1. The summed E-state index contributed by atoms with van der Waals surface area (Å²) < 4.78 is 11.0. The minimum absolute atomic E-state index is 0.189. The van der Waals surface area contributed by atoms with Crippen molar-refractivity contribution in [1.29, 1.82) is 0 Å². The SMILES string of the molecule is CNC(=O)c1ccc(OCc2ccc(Cl)cc2Cl)c(OC)c1.O=C=O. The van der Waals surface area contributed by atoms with Gasteiger partial charge in [-0.3, -0.25) is 4.79 Å². The Bertz CT molecular complexity index is 774. The Morgan fingerprint density at radius 3 is 2.36 bits per heavy atom. The lowest BCUT2D eigenvalue weighted by Crippen LogP contribution is -2.17. The molecule has 0 aromatic heterocycles. The molecule has 0 fully saturated rings. The van der Waals surface area contributed by atoms with Crippen LogP contribution in [-0.4, -0.2) is 26.2 Å². The Morgan fingerprint density at radius 1 is 1.12 bits per heavy atom.